The summed E-state index contributed by atoms with van der Waals surface area (Å²) in [6.07, 6.45) is 1.27. The molecule has 1 aliphatic rings. The highest BCUT2D eigenvalue weighted by Gasteiger charge is 2.38. The van der Waals surface area contributed by atoms with E-state index in [2.05, 4.69) is 5.32 Å². The number of nitrogens with one attached hydrogen (secondary N) is 1. The summed E-state index contributed by atoms with van der Waals surface area (Å²) < 4.78 is 10.0. The van der Waals surface area contributed by atoms with Crippen LogP contribution in [0.2, 0.25) is 0 Å². The normalized spacial score (nSPS) is 17.3. The predicted octanol–water partition coefficient (Wildman–Crippen LogP) is 2.09. The van der Waals surface area contributed by atoms with Gasteiger partial charge < -0.3 is 19.9 Å². The molecular formula is C17H21NO5. The first-order chi connectivity index (χ1) is 10.6. The third-order valence-corrected chi connectivity index (χ3v) is 3.56. The molecule has 0 radical (unpaired) electrons. The molecule has 0 bridgehead atoms. The topological polar surface area (TPSA) is 84.9 Å². The monoisotopic (exact) mass is 319 g/mol. The Morgan fingerprint density at radius 3 is 2.13 bits per heavy atom. The summed E-state index contributed by atoms with van der Waals surface area (Å²) in [5.41, 5.74) is 1.15. The Morgan fingerprint density at radius 2 is 1.65 bits per heavy atom. The second kappa shape index (κ2) is 6.04. The molecule has 1 aliphatic heterocycles. The van der Waals surface area contributed by atoms with Gasteiger partial charge in [-0.1, -0.05) is 26.0 Å². The van der Waals surface area contributed by atoms with E-state index in [1.807, 2.05) is 26.0 Å². The average Bonchev–Trinajstić information content (AvgIpc) is 2.45. The number of benzene rings is 1. The zero-order valence-corrected chi connectivity index (χ0v) is 13.7. The van der Waals surface area contributed by atoms with Crippen LogP contribution in [0.1, 0.15) is 33.3 Å². The zero-order valence-electron chi connectivity index (χ0n) is 13.7. The molecule has 2 N–H and O–H groups in total. The SMILES string of the molecule is CC1(C)OC(=O)C(=CNc2ccc(C(C)(C)CO)cc2)C(=O)O1. The highest BCUT2D eigenvalue weighted by molar-refractivity contribution is 6.15. The first-order valence-corrected chi connectivity index (χ1v) is 7.29. The average molecular weight is 319 g/mol. The van der Waals surface area contributed by atoms with Crippen LogP contribution in [0.4, 0.5) is 5.69 Å². The van der Waals surface area contributed by atoms with E-state index in [0.717, 1.165) is 5.56 Å². The number of ether oxygens (including phenoxy) is 2. The molecule has 124 valence electrons. The minimum atomic E-state index is -1.25. The molecule has 6 heteroatoms. The van der Waals surface area contributed by atoms with Gasteiger partial charge in [-0.05, 0) is 17.7 Å². The Morgan fingerprint density at radius 1 is 1.13 bits per heavy atom. The third-order valence-electron chi connectivity index (χ3n) is 3.56. The Kier molecular flexibility index (Phi) is 4.47. The fourth-order valence-electron chi connectivity index (χ4n) is 2.04. The molecule has 0 unspecified atom stereocenters. The lowest BCUT2D eigenvalue weighted by molar-refractivity contribution is -0.222. The standard InChI is InChI=1S/C17H21NO5/c1-16(2,10-19)11-5-7-12(8-6-11)18-9-13-14(20)22-17(3,4)23-15(13)21/h5-9,18-19H,10H2,1-4H3. The molecule has 0 aromatic heterocycles. The first kappa shape index (κ1) is 17.0. The molecule has 1 aromatic rings. The maximum Gasteiger partial charge on any atom is 0.350 e. The third kappa shape index (κ3) is 3.90. The van der Waals surface area contributed by atoms with Crippen molar-refractivity contribution in [1.82, 2.24) is 0 Å². The molecule has 6 nitrogen and oxygen atoms in total. The van der Waals surface area contributed by atoms with Crippen molar-refractivity contribution in [3.8, 4) is 0 Å². The van der Waals surface area contributed by atoms with Crippen LogP contribution in [0, 0.1) is 0 Å². The van der Waals surface area contributed by atoms with Gasteiger partial charge in [-0.3, -0.25) is 0 Å². The molecule has 2 rings (SSSR count). The van der Waals surface area contributed by atoms with Crippen molar-refractivity contribution in [3.63, 3.8) is 0 Å². The van der Waals surface area contributed by atoms with Crippen molar-refractivity contribution in [2.24, 2.45) is 0 Å². The van der Waals surface area contributed by atoms with Gasteiger partial charge in [0.2, 0.25) is 0 Å². The quantitative estimate of drug-likeness (QED) is 0.502. The van der Waals surface area contributed by atoms with Crippen molar-refractivity contribution >= 4 is 17.6 Å². The predicted molar refractivity (Wildman–Crippen MR) is 84.5 cm³/mol. The molecule has 0 aliphatic carbocycles. The minimum absolute atomic E-state index is 0.0390. The number of esters is 2. The Bertz CT molecular complexity index is 621. The van der Waals surface area contributed by atoms with E-state index in [1.165, 1.54) is 20.0 Å². The van der Waals surface area contributed by atoms with Crippen LogP contribution in [0.3, 0.4) is 0 Å². The van der Waals surface area contributed by atoms with Gasteiger partial charge in [-0.2, -0.15) is 0 Å². The number of aliphatic hydroxyl groups excluding tert-OH is 1. The minimum Gasteiger partial charge on any atom is -0.419 e. The van der Waals surface area contributed by atoms with Crippen LogP contribution in [-0.4, -0.2) is 29.4 Å². The largest absolute Gasteiger partial charge is 0.419 e. The van der Waals surface area contributed by atoms with Crippen molar-refractivity contribution in [3.05, 3.63) is 41.6 Å². The van der Waals surface area contributed by atoms with Gasteiger partial charge in [-0.15, -0.1) is 0 Å². The van der Waals surface area contributed by atoms with Crippen LogP contribution >= 0.6 is 0 Å². The number of rotatable bonds is 4. The van der Waals surface area contributed by atoms with E-state index in [4.69, 9.17) is 9.47 Å². The van der Waals surface area contributed by atoms with Crippen LogP contribution in [-0.2, 0) is 24.5 Å². The summed E-state index contributed by atoms with van der Waals surface area (Å²) in [6.45, 7) is 6.90. The summed E-state index contributed by atoms with van der Waals surface area (Å²) >= 11 is 0. The Hall–Kier alpha value is -2.34. The Balaban J connectivity index is 2.11. The van der Waals surface area contributed by atoms with E-state index < -0.39 is 17.7 Å². The van der Waals surface area contributed by atoms with Crippen LogP contribution in [0.5, 0.6) is 0 Å². The molecule has 23 heavy (non-hydrogen) atoms. The zero-order chi connectivity index (χ0) is 17.3. The van der Waals surface area contributed by atoms with Crippen LogP contribution in [0.15, 0.2) is 36.0 Å². The van der Waals surface area contributed by atoms with Crippen LogP contribution < -0.4 is 5.32 Å². The number of carbonyl (C=O) groups excluding carboxylic acids is 2. The number of aliphatic hydroxyl groups is 1. The summed E-state index contributed by atoms with van der Waals surface area (Å²) in [5.74, 6) is -2.70. The lowest BCUT2D eigenvalue weighted by atomic mass is 9.85. The molecule has 1 aromatic carbocycles. The van der Waals surface area contributed by atoms with E-state index >= 15 is 0 Å². The van der Waals surface area contributed by atoms with E-state index in [0.29, 0.717) is 5.69 Å². The fraction of sp³-hybridized carbons (Fsp3) is 0.412. The van der Waals surface area contributed by atoms with Gasteiger partial charge in [0.1, 0.15) is 0 Å². The molecule has 0 spiro atoms. The Labute approximate surface area is 135 Å². The number of carbonyl (C=O) groups is 2. The maximum absolute atomic E-state index is 11.8. The fourth-order valence-corrected chi connectivity index (χ4v) is 2.04. The number of hydrogen-bond donors (Lipinski definition) is 2. The molecule has 1 fully saturated rings. The lowest BCUT2D eigenvalue weighted by Gasteiger charge is -2.29. The highest BCUT2D eigenvalue weighted by atomic mass is 16.7. The van der Waals surface area contributed by atoms with E-state index in [-0.39, 0.29) is 17.6 Å². The second-order valence-electron chi connectivity index (χ2n) is 6.50. The smallest absolute Gasteiger partial charge is 0.350 e. The highest BCUT2D eigenvalue weighted by Crippen LogP contribution is 2.25. The molecule has 1 heterocycles. The number of hydrogen-bond acceptors (Lipinski definition) is 6. The summed E-state index contributed by atoms with van der Waals surface area (Å²) in [6, 6.07) is 7.34. The molecule has 1 saturated heterocycles. The maximum atomic E-state index is 11.8. The van der Waals surface area contributed by atoms with Crippen molar-refractivity contribution in [2.45, 2.75) is 38.9 Å². The van der Waals surface area contributed by atoms with Gasteiger partial charge in [0.15, 0.2) is 5.57 Å². The van der Waals surface area contributed by atoms with Gasteiger partial charge in [0.25, 0.3) is 5.79 Å². The molecule has 0 saturated carbocycles. The first-order valence-electron chi connectivity index (χ1n) is 7.29. The second-order valence-corrected chi connectivity index (χ2v) is 6.50. The number of cyclic esters (lactones) is 2. The lowest BCUT2D eigenvalue weighted by Crippen LogP contribution is -2.42. The summed E-state index contributed by atoms with van der Waals surface area (Å²) in [5, 5.41) is 12.2. The van der Waals surface area contributed by atoms with Crippen molar-refractivity contribution < 1.29 is 24.2 Å². The van der Waals surface area contributed by atoms with Crippen molar-refractivity contribution in [2.75, 3.05) is 11.9 Å². The van der Waals surface area contributed by atoms with Crippen molar-refractivity contribution in [1.29, 1.82) is 0 Å². The van der Waals surface area contributed by atoms with Gasteiger partial charge in [0, 0.05) is 31.1 Å². The summed E-state index contributed by atoms with van der Waals surface area (Å²) in [7, 11) is 0. The van der Waals surface area contributed by atoms with Gasteiger partial charge in [-0.25, -0.2) is 9.59 Å². The number of anilines is 1. The van der Waals surface area contributed by atoms with E-state index in [9.17, 15) is 14.7 Å². The van der Waals surface area contributed by atoms with Crippen LogP contribution in [0.25, 0.3) is 0 Å². The molecular weight excluding hydrogens is 298 g/mol. The molecule has 0 amide bonds. The van der Waals surface area contributed by atoms with Gasteiger partial charge >= 0.3 is 11.9 Å². The molecule has 0 atom stereocenters. The van der Waals surface area contributed by atoms with Gasteiger partial charge in [0.05, 0.1) is 6.61 Å². The summed E-state index contributed by atoms with van der Waals surface area (Å²) in [4.78, 5) is 23.6. The van der Waals surface area contributed by atoms with E-state index in [1.54, 1.807) is 12.1 Å².